The van der Waals surface area contributed by atoms with Crippen LogP contribution in [-0.2, 0) is 16.2 Å². The van der Waals surface area contributed by atoms with Gasteiger partial charge in [0.15, 0.2) is 10.9 Å². The highest BCUT2D eigenvalue weighted by molar-refractivity contribution is 7.18. The lowest BCUT2D eigenvalue weighted by molar-refractivity contribution is -0.132. The van der Waals surface area contributed by atoms with E-state index in [-0.39, 0.29) is 22.2 Å². The number of carbonyl (C=O) groups excluding carboxylic acids is 3. The zero-order valence-electron chi connectivity index (χ0n) is 22.8. The predicted molar refractivity (Wildman–Crippen MR) is 156 cm³/mol. The third kappa shape index (κ3) is 5.62. The molecule has 0 aliphatic carbocycles. The summed E-state index contributed by atoms with van der Waals surface area (Å²) in [6, 6.07) is 22.4. The van der Waals surface area contributed by atoms with Crippen LogP contribution in [0.15, 0.2) is 84.4 Å². The topological polar surface area (TPSA) is 106 Å². The van der Waals surface area contributed by atoms with E-state index in [9.17, 15) is 19.5 Å². The first-order valence-electron chi connectivity index (χ1n) is 13.1. The number of Topliss-reactive ketones (excluding diaryl/α,β-unsaturated/α-hetero) is 2. The van der Waals surface area contributed by atoms with Crippen LogP contribution < -0.4 is 14.4 Å². The molecule has 8 nitrogen and oxygen atoms in total. The standard InChI is InChI=1S/C32H28N2O6S/c1-4-39-24-15-13-22(14-16-24)28(36)26-27(23-11-8-12-25(17-23)40-18-21-9-6-5-7-10-21)34(31(38)29(26)37)32-33-19(2)30(41-32)20(3)35/h5-17,27,36H,4,18H2,1-3H3. The van der Waals surface area contributed by atoms with E-state index in [4.69, 9.17) is 9.47 Å². The van der Waals surface area contributed by atoms with E-state index in [1.54, 1.807) is 55.5 Å². The van der Waals surface area contributed by atoms with E-state index in [1.807, 2.05) is 37.3 Å². The number of aromatic nitrogens is 1. The van der Waals surface area contributed by atoms with Gasteiger partial charge in [0, 0.05) is 12.5 Å². The van der Waals surface area contributed by atoms with Crippen molar-refractivity contribution < 1.29 is 29.0 Å². The maximum absolute atomic E-state index is 13.5. The van der Waals surface area contributed by atoms with Crippen LogP contribution in [0.2, 0.25) is 0 Å². The van der Waals surface area contributed by atoms with E-state index >= 15 is 0 Å². The summed E-state index contributed by atoms with van der Waals surface area (Å²) in [7, 11) is 0. The third-order valence-electron chi connectivity index (χ3n) is 6.62. The number of thiazole rings is 1. The summed E-state index contributed by atoms with van der Waals surface area (Å²) in [6.07, 6.45) is 0. The van der Waals surface area contributed by atoms with Gasteiger partial charge in [0.25, 0.3) is 5.78 Å². The van der Waals surface area contributed by atoms with Crippen LogP contribution in [0, 0.1) is 6.92 Å². The largest absolute Gasteiger partial charge is 0.507 e. The minimum absolute atomic E-state index is 0.0865. The minimum atomic E-state index is -1.01. The fourth-order valence-corrected chi connectivity index (χ4v) is 5.69. The van der Waals surface area contributed by atoms with Crippen LogP contribution in [0.1, 0.15) is 51.9 Å². The average molecular weight is 569 g/mol. The lowest BCUT2D eigenvalue weighted by Crippen LogP contribution is -2.29. The van der Waals surface area contributed by atoms with Gasteiger partial charge in [-0.3, -0.25) is 19.3 Å². The summed E-state index contributed by atoms with van der Waals surface area (Å²) in [5.41, 5.74) is 2.25. The normalized spacial score (nSPS) is 16.2. The first kappa shape index (κ1) is 27.8. The second kappa shape index (κ2) is 11.8. The Morgan fingerprint density at radius 1 is 0.976 bits per heavy atom. The molecule has 0 bridgehead atoms. The van der Waals surface area contributed by atoms with Crippen LogP contribution in [0.4, 0.5) is 5.13 Å². The van der Waals surface area contributed by atoms with Crippen molar-refractivity contribution in [2.45, 2.75) is 33.4 Å². The predicted octanol–water partition coefficient (Wildman–Crippen LogP) is 6.26. The molecule has 0 saturated carbocycles. The second-order valence-electron chi connectivity index (χ2n) is 9.44. The maximum Gasteiger partial charge on any atom is 0.301 e. The van der Waals surface area contributed by atoms with Crippen molar-refractivity contribution in [3.8, 4) is 11.5 Å². The molecule has 1 fully saturated rings. The highest BCUT2D eigenvalue weighted by atomic mass is 32.1. The number of amides is 1. The van der Waals surface area contributed by atoms with Gasteiger partial charge < -0.3 is 14.6 Å². The van der Waals surface area contributed by atoms with Gasteiger partial charge in [-0.05, 0) is 61.4 Å². The van der Waals surface area contributed by atoms with Crippen molar-refractivity contribution in [3.05, 3.63) is 112 Å². The molecule has 41 heavy (non-hydrogen) atoms. The Kier molecular flexibility index (Phi) is 7.98. The van der Waals surface area contributed by atoms with Gasteiger partial charge in [-0.15, -0.1) is 0 Å². The van der Waals surface area contributed by atoms with Gasteiger partial charge in [0.1, 0.15) is 23.9 Å². The van der Waals surface area contributed by atoms with Gasteiger partial charge in [0.05, 0.1) is 28.8 Å². The Labute approximate surface area is 241 Å². The molecular weight excluding hydrogens is 540 g/mol. The molecule has 0 radical (unpaired) electrons. The van der Waals surface area contributed by atoms with Gasteiger partial charge in [-0.25, -0.2) is 4.98 Å². The summed E-state index contributed by atoms with van der Waals surface area (Å²) in [5.74, 6) is -1.08. The van der Waals surface area contributed by atoms with Crippen molar-refractivity contribution >= 4 is 39.7 Å². The van der Waals surface area contributed by atoms with Crippen molar-refractivity contribution in [1.29, 1.82) is 0 Å². The molecule has 9 heteroatoms. The van der Waals surface area contributed by atoms with Gasteiger partial charge in [-0.2, -0.15) is 0 Å². The lowest BCUT2D eigenvalue weighted by Gasteiger charge is -2.23. The number of anilines is 1. The number of carbonyl (C=O) groups is 3. The van der Waals surface area contributed by atoms with Crippen molar-refractivity contribution in [3.63, 3.8) is 0 Å². The molecule has 0 spiro atoms. The molecule has 4 aromatic rings. The maximum atomic E-state index is 13.5. The molecule has 1 aromatic heterocycles. The van der Waals surface area contributed by atoms with Crippen LogP contribution >= 0.6 is 11.3 Å². The Morgan fingerprint density at radius 2 is 1.71 bits per heavy atom. The van der Waals surface area contributed by atoms with E-state index in [0.29, 0.717) is 46.4 Å². The molecule has 5 rings (SSSR count). The SMILES string of the molecule is CCOc1ccc(C(O)=C2C(=O)C(=O)N(c3nc(C)c(C(C)=O)s3)C2c2cccc(OCc3ccccc3)c2)cc1. The molecule has 208 valence electrons. The molecule has 1 unspecified atom stereocenters. The molecular formula is C32H28N2O6S. The Hall–Kier alpha value is -4.76. The molecule has 1 aliphatic rings. The Balaban J connectivity index is 1.61. The van der Waals surface area contributed by atoms with Crippen LogP contribution in [0.5, 0.6) is 11.5 Å². The fraction of sp³-hybridized carbons (Fsp3) is 0.188. The average Bonchev–Trinajstić information content (AvgIpc) is 3.49. The zero-order valence-corrected chi connectivity index (χ0v) is 23.6. The lowest BCUT2D eigenvalue weighted by atomic mass is 9.95. The van der Waals surface area contributed by atoms with E-state index in [1.165, 1.54) is 11.8 Å². The first-order chi connectivity index (χ1) is 19.8. The number of nitrogens with zero attached hydrogens (tertiary/aromatic N) is 2. The molecule has 1 amide bonds. The summed E-state index contributed by atoms with van der Waals surface area (Å²) < 4.78 is 11.5. The van der Waals surface area contributed by atoms with E-state index < -0.39 is 17.7 Å². The number of ether oxygens (including phenoxy) is 2. The zero-order chi connectivity index (χ0) is 29.1. The van der Waals surface area contributed by atoms with Crippen LogP contribution in [-0.4, -0.2) is 34.2 Å². The van der Waals surface area contributed by atoms with E-state index in [2.05, 4.69) is 4.98 Å². The second-order valence-corrected chi connectivity index (χ2v) is 10.4. The fourth-order valence-electron chi connectivity index (χ4n) is 4.70. The van der Waals surface area contributed by atoms with Crippen LogP contribution in [0.3, 0.4) is 0 Å². The Morgan fingerprint density at radius 3 is 2.37 bits per heavy atom. The molecule has 1 saturated heterocycles. The number of hydrogen-bond donors (Lipinski definition) is 1. The molecule has 2 heterocycles. The smallest absolute Gasteiger partial charge is 0.301 e. The molecule has 1 aliphatic heterocycles. The molecule has 1 N–H and O–H groups in total. The van der Waals surface area contributed by atoms with Crippen molar-refractivity contribution in [2.75, 3.05) is 11.5 Å². The molecule has 3 aromatic carbocycles. The van der Waals surface area contributed by atoms with Crippen molar-refractivity contribution in [1.82, 2.24) is 4.98 Å². The summed E-state index contributed by atoms with van der Waals surface area (Å²) in [5, 5.41) is 11.6. The van der Waals surface area contributed by atoms with E-state index in [0.717, 1.165) is 16.9 Å². The van der Waals surface area contributed by atoms with Crippen LogP contribution in [0.25, 0.3) is 5.76 Å². The monoisotopic (exact) mass is 568 g/mol. The minimum Gasteiger partial charge on any atom is -0.507 e. The number of hydrogen-bond acceptors (Lipinski definition) is 8. The summed E-state index contributed by atoms with van der Waals surface area (Å²) in [4.78, 5) is 45.3. The first-order valence-corrected chi connectivity index (χ1v) is 13.9. The van der Waals surface area contributed by atoms with Gasteiger partial charge in [0.2, 0.25) is 0 Å². The number of benzene rings is 3. The number of aliphatic hydroxyl groups excluding tert-OH is 1. The van der Waals surface area contributed by atoms with Gasteiger partial charge >= 0.3 is 5.91 Å². The van der Waals surface area contributed by atoms with Gasteiger partial charge in [-0.1, -0.05) is 53.8 Å². The number of aryl methyl sites for hydroxylation is 1. The number of aliphatic hydroxyl groups is 1. The summed E-state index contributed by atoms with van der Waals surface area (Å²) >= 11 is 1.04. The third-order valence-corrected chi connectivity index (χ3v) is 7.87. The highest BCUT2D eigenvalue weighted by Crippen LogP contribution is 2.44. The summed E-state index contributed by atoms with van der Waals surface area (Å²) in [6.45, 7) is 5.78. The highest BCUT2D eigenvalue weighted by Gasteiger charge is 2.48. The number of ketones is 2. The molecule has 1 atom stereocenters. The Bertz CT molecular complexity index is 1640. The van der Waals surface area contributed by atoms with Crippen molar-refractivity contribution in [2.24, 2.45) is 0 Å². The number of rotatable bonds is 9. The quantitative estimate of drug-likeness (QED) is 0.110.